The molecule has 5 nitrogen and oxygen atoms in total. The molecule has 3 aromatic rings. The van der Waals surface area contributed by atoms with Crippen LogP contribution in [0.2, 0.25) is 0 Å². The highest BCUT2D eigenvalue weighted by Crippen LogP contribution is 2.29. The quantitative estimate of drug-likeness (QED) is 0.770. The van der Waals surface area contributed by atoms with Crippen LogP contribution in [0, 0.1) is 13.8 Å². The first-order chi connectivity index (χ1) is 11.0. The van der Waals surface area contributed by atoms with E-state index in [1.165, 1.54) is 5.56 Å². The summed E-state index contributed by atoms with van der Waals surface area (Å²) in [7, 11) is -3.65. The van der Waals surface area contributed by atoms with Crippen molar-refractivity contribution in [2.75, 3.05) is 4.72 Å². The number of hydrogen-bond donors (Lipinski definition) is 2. The molecule has 0 saturated heterocycles. The van der Waals surface area contributed by atoms with Gasteiger partial charge in [-0.15, -0.1) is 0 Å². The third-order valence-electron chi connectivity index (χ3n) is 3.75. The highest BCUT2D eigenvalue weighted by molar-refractivity contribution is 7.92. The van der Waals surface area contributed by atoms with E-state index in [-0.39, 0.29) is 4.90 Å². The molecule has 6 heteroatoms. The van der Waals surface area contributed by atoms with Gasteiger partial charge < -0.3 is 0 Å². The predicted molar refractivity (Wildman–Crippen MR) is 90.7 cm³/mol. The standard InChI is InChI=1S/C17H17N3O2S/c1-12-8-9-14(10-13(12)2)16-11-18-19-17(16)20-23(21,22)15-6-4-3-5-7-15/h3-11H,1-2H3,(H2,18,19,20). The molecule has 118 valence electrons. The number of benzene rings is 2. The number of anilines is 1. The monoisotopic (exact) mass is 327 g/mol. The first kappa shape index (κ1) is 15.3. The molecule has 0 unspecified atom stereocenters. The van der Waals surface area contributed by atoms with Crippen molar-refractivity contribution in [1.29, 1.82) is 0 Å². The van der Waals surface area contributed by atoms with E-state index >= 15 is 0 Å². The third kappa shape index (κ3) is 3.12. The summed E-state index contributed by atoms with van der Waals surface area (Å²) < 4.78 is 27.5. The first-order valence-corrected chi connectivity index (χ1v) is 8.64. The Kier molecular flexibility index (Phi) is 3.92. The van der Waals surface area contributed by atoms with E-state index in [2.05, 4.69) is 14.9 Å². The van der Waals surface area contributed by atoms with Crippen LogP contribution >= 0.6 is 0 Å². The minimum Gasteiger partial charge on any atom is -0.263 e. The van der Waals surface area contributed by atoms with Gasteiger partial charge in [0.25, 0.3) is 10.0 Å². The topological polar surface area (TPSA) is 74.8 Å². The summed E-state index contributed by atoms with van der Waals surface area (Å²) >= 11 is 0. The zero-order valence-corrected chi connectivity index (χ0v) is 13.7. The van der Waals surface area contributed by atoms with Crippen LogP contribution in [0.3, 0.4) is 0 Å². The Morgan fingerprint density at radius 2 is 1.74 bits per heavy atom. The second-order valence-electron chi connectivity index (χ2n) is 5.38. The SMILES string of the molecule is Cc1ccc(-c2cn[nH]c2NS(=O)(=O)c2ccccc2)cc1C. The van der Waals surface area contributed by atoms with Crippen LogP contribution in [0.1, 0.15) is 11.1 Å². The third-order valence-corrected chi connectivity index (χ3v) is 5.11. The van der Waals surface area contributed by atoms with E-state index in [0.717, 1.165) is 11.1 Å². The summed E-state index contributed by atoms with van der Waals surface area (Å²) in [5.41, 5.74) is 3.95. The molecule has 0 amide bonds. The highest BCUT2D eigenvalue weighted by atomic mass is 32.2. The predicted octanol–water partition coefficient (Wildman–Crippen LogP) is 3.49. The summed E-state index contributed by atoms with van der Waals surface area (Å²) in [6.07, 6.45) is 1.62. The van der Waals surface area contributed by atoms with E-state index in [1.807, 2.05) is 32.0 Å². The van der Waals surface area contributed by atoms with Gasteiger partial charge in [-0.3, -0.25) is 9.82 Å². The van der Waals surface area contributed by atoms with E-state index in [9.17, 15) is 8.42 Å². The normalized spacial score (nSPS) is 11.4. The molecule has 2 aromatic carbocycles. The molecule has 0 aliphatic rings. The molecule has 0 fully saturated rings. The van der Waals surface area contributed by atoms with Crippen LogP contribution in [-0.4, -0.2) is 18.6 Å². The molecule has 0 atom stereocenters. The zero-order valence-electron chi connectivity index (χ0n) is 12.9. The summed E-state index contributed by atoms with van der Waals surface area (Å²) in [4.78, 5) is 0.209. The molecular formula is C17H17N3O2S. The van der Waals surface area contributed by atoms with Gasteiger partial charge in [-0.2, -0.15) is 5.10 Å². The van der Waals surface area contributed by atoms with Crippen LogP contribution < -0.4 is 4.72 Å². The molecule has 0 radical (unpaired) electrons. The first-order valence-electron chi connectivity index (χ1n) is 7.16. The van der Waals surface area contributed by atoms with Crippen LogP contribution in [-0.2, 0) is 10.0 Å². The van der Waals surface area contributed by atoms with Gasteiger partial charge in [0.2, 0.25) is 0 Å². The van der Waals surface area contributed by atoms with Crippen molar-refractivity contribution in [3.8, 4) is 11.1 Å². The molecule has 0 saturated carbocycles. The van der Waals surface area contributed by atoms with Crippen molar-refractivity contribution < 1.29 is 8.42 Å². The number of sulfonamides is 1. The Hall–Kier alpha value is -2.60. The fraction of sp³-hybridized carbons (Fsp3) is 0.118. The Labute approximate surface area is 135 Å². The average Bonchev–Trinajstić information content (AvgIpc) is 2.98. The fourth-order valence-electron chi connectivity index (χ4n) is 2.28. The van der Waals surface area contributed by atoms with Crippen LogP contribution in [0.15, 0.2) is 59.6 Å². The number of aromatic nitrogens is 2. The molecule has 0 bridgehead atoms. The lowest BCUT2D eigenvalue weighted by atomic mass is 10.0. The maximum Gasteiger partial charge on any atom is 0.263 e. The number of hydrogen-bond acceptors (Lipinski definition) is 3. The summed E-state index contributed by atoms with van der Waals surface area (Å²) in [6, 6.07) is 14.2. The van der Waals surface area contributed by atoms with Crippen molar-refractivity contribution >= 4 is 15.8 Å². The van der Waals surface area contributed by atoms with Crippen molar-refractivity contribution in [3.05, 3.63) is 65.9 Å². The van der Waals surface area contributed by atoms with Gasteiger partial charge in [-0.25, -0.2) is 8.42 Å². The van der Waals surface area contributed by atoms with Gasteiger partial charge in [0.1, 0.15) is 5.82 Å². The smallest absolute Gasteiger partial charge is 0.263 e. The van der Waals surface area contributed by atoms with Crippen LogP contribution in [0.5, 0.6) is 0 Å². The second-order valence-corrected chi connectivity index (χ2v) is 7.06. The number of nitrogens with zero attached hydrogens (tertiary/aromatic N) is 1. The summed E-state index contributed by atoms with van der Waals surface area (Å²) in [6.45, 7) is 4.06. The maximum absolute atomic E-state index is 12.4. The number of aromatic amines is 1. The minimum atomic E-state index is -3.65. The second kappa shape index (κ2) is 5.89. The Bertz CT molecular complexity index is 931. The minimum absolute atomic E-state index is 0.209. The number of H-pyrrole nitrogens is 1. The van der Waals surface area contributed by atoms with Crippen molar-refractivity contribution in [2.45, 2.75) is 18.7 Å². The summed E-state index contributed by atoms with van der Waals surface area (Å²) in [5.74, 6) is 0.358. The fourth-order valence-corrected chi connectivity index (χ4v) is 3.34. The molecule has 2 N–H and O–H groups in total. The molecule has 0 aliphatic heterocycles. The van der Waals surface area contributed by atoms with E-state index < -0.39 is 10.0 Å². The van der Waals surface area contributed by atoms with Gasteiger partial charge in [0.05, 0.1) is 11.1 Å². The largest absolute Gasteiger partial charge is 0.263 e. The van der Waals surface area contributed by atoms with Gasteiger partial charge in [-0.05, 0) is 42.7 Å². The lowest BCUT2D eigenvalue weighted by molar-refractivity contribution is 0.601. The molecule has 0 aliphatic carbocycles. The number of aryl methyl sites for hydroxylation is 2. The Balaban J connectivity index is 1.97. The molecule has 1 aromatic heterocycles. The van der Waals surface area contributed by atoms with Gasteiger partial charge in [0, 0.05) is 5.56 Å². The number of nitrogens with one attached hydrogen (secondary N) is 2. The number of rotatable bonds is 4. The van der Waals surface area contributed by atoms with Crippen LogP contribution in [0.4, 0.5) is 5.82 Å². The van der Waals surface area contributed by atoms with Gasteiger partial charge in [0.15, 0.2) is 0 Å². The van der Waals surface area contributed by atoms with Crippen molar-refractivity contribution in [1.82, 2.24) is 10.2 Å². The molecular weight excluding hydrogens is 310 g/mol. The lowest BCUT2D eigenvalue weighted by Gasteiger charge is -2.09. The zero-order chi connectivity index (χ0) is 16.4. The van der Waals surface area contributed by atoms with E-state index in [4.69, 9.17) is 0 Å². The molecule has 3 rings (SSSR count). The van der Waals surface area contributed by atoms with Crippen molar-refractivity contribution in [2.24, 2.45) is 0 Å². The molecule has 1 heterocycles. The lowest BCUT2D eigenvalue weighted by Crippen LogP contribution is -2.13. The van der Waals surface area contributed by atoms with Gasteiger partial charge >= 0.3 is 0 Å². The van der Waals surface area contributed by atoms with Crippen LogP contribution in [0.25, 0.3) is 11.1 Å². The average molecular weight is 327 g/mol. The Morgan fingerprint density at radius 1 is 1.00 bits per heavy atom. The highest BCUT2D eigenvalue weighted by Gasteiger charge is 2.17. The summed E-state index contributed by atoms with van der Waals surface area (Å²) in [5, 5.41) is 6.70. The molecule has 23 heavy (non-hydrogen) atoms. The van der Waals surface area contributed by atoms with E-state index in [1.54, 1.807) is 36.5 Å². The Morgan fingerprint density at radius 3 is 2.43 bits per heavy atom. The van der Waals surface area contributed by atoms with Gasteiger partial charge in [-0.1, -0.05) is 36.4 Å². The molecule has 0 spiro atoms. The van der Waals surface area contributed by atoms with E-state index in [0.29, 0.717) is 11.4 Å². The maximum atomic E-state index is 12.4. The van der Waals surface area contributed by atoms with Crippen molar-refractivity contribution in [3.63, 3.8) is 0 Å².